The van der Waals surface area contributed by atoms with E-state index in [2.05, 4.69) is 0 Å². The lowest BCUT2D eigenvalue weighted by molar-refractivity contribution is -0.166. The molecule has 0 aliphatic heterocycles. The SMILES string of the molecule is CCC(C)(CC(C)(C)C(=O)OCC(O)COC(=O)c1c2ccccc2cc2ccccc12)C(=O)OCC(C)O. The standard InChI is InChI=1S/C31H38O8/c1-6-31(5,29(36)38-16-20(2)32)19-30(3,4)28(35)39-18-23(33)17-37-27(34)26-24-13-9-7-11-21(24)15-22-12-8-10-14-25(22)26/h7-15,20,23,32-33H,6,16-19H2,1-5H3. The second kappa shape index (κ2) is 12.6. The smallest absolute Gasteiger partial charge is 0.339 e. The van der Waals surface area contributed by atoms with Gasteiger partial charge in [-0.2, -0.15) is 0 Å². The minimum Gasteiger partial charge on any atom is -0.463 e. The van der Waals surface area contributed by atoms with Crippen molar-refractivity contribution in [1.29, 1.82) is 0 Å². The Balaban J connectivity index is 1.61. The highest BCUT2D eigenvalue weighted by Gasteiger charge is 2.43. The Morgan fingerprint density at radius 1 is 0.795 bits per heavy atom. The van der Waals surface area contributed by atoms with E-state index in [-0.39, 0.29) is 26.2 Å². The van der Waals surface area contributed by atoms with Gasteiger partial charge in [0.25, 0.3) is 0 Å². The van der Waals surface area contributed by atoms with Crippen molar-refractivity contribution in [2.24, 2.45) is 10.8 Å². The van der Waals surface area contributed by atoms with Crippen LogP contribution in [0.25, 0.3) is 21.5 Å². The van der Waals surface area contributed by atoms with Gasteiger partial charge in [-0.3, -0.25) is 9.59 Å². The zero-order valence-corrected chi connectivity index (χ0v) is 23.2. The van der Waals surface area contributed by atoms with Gasteiger partial charge in [-0.05, 0) is 68.1 Å². The third-order valence-electron chi connectivity index (χ3n) is 6.90. The van der Waals surface area contributed by atoms with Crippen LogP contribution in [-0.4, -0.2) is 60.1 Å². The van der Waals surface area contributed by atoms with E-state index < -0.39 is 40.9 Å². The van der Waals surface area contributed by atoms with Gasteiger partial charge >= 0.3 is 17.9 Å². The van der Waals surface area contributed by atoms with Crippen LogP contribution in [0.4, 0.5) is 0 Å². The first-order valence-electron chi connectivity index (χ1n) is 13.2. The van der Waals surface area contributed by atoms with Gasteiger partial charge in [0, 0.05) is 0 Å². The third-order valence-corrected chi connectivity index (χ3v) is 6.90. The number of ether oxygens (including phenoxy) is 3. The molecule has 3 unspecified atom stereocenters. The molecule has 3 atom stereocenters. The highest BCUT2D eigenvalue weighted by molar-refractivity contribution is 6.16. The van der Waals surface area contributed by atoms with Crippen LogP contribution in [0.5, 0.6) is 0 Å². The molecule has 2 N–H and O–H groups in total. The van der Waals surface area contributed by atoms with Crippen molar-refractivity contribution >= 4 is 39.5 Å². The summed E-state index contributed by atoms with van der Waals surface area (Å²) in [7, 11) is 0. The van der Waals surface area contributed by atoms with Crippen LogP contribution >= 0.6 is 0 Å². The zero-order chi connectivity index (χ0) is 28.8. The average molecular weight is 539 g/mol. The maximum atomic E-state index is 13.1. The summed E-state index contributed by atoms with van der Waals surface area (Å²) in [6.45, 7) is 7.50. The number of aliphatic hydroxyl groups is 2. The summed E-state index contributed by atoms with van der Waals surface area (Å²) in [6.07, 6.45) is -1.46. The highest BCUT2D eigenvalue weighted by Crippen LogP contribution is 2.38. The van der Waals surface area contributed by atoms with E-state index in [0.717, 1.165) is 21.5 Å². The highest BCUT2D eigenvalue weighted by atomic mass is 16.6. The normalized spacial score (nSPS) is 14.8. The maximum absolute atomic E-state index is 13.1. The van der Waals surface area contributed by atoms with Crippen LogP contribution in [-0.2, 0) is 23.8 Å². The van der Waals surface area contributed by atoms with Gasteiger partial charge in [0.1, 0.15) is 25.9 Å². The third kappa shape index (κ3) is 7.34. The first-order chi connectivity index (χ1) is 18.4. The summed E-state index contributed by atoms with van der Waals surface area (Å²) in [5.41, 5.74) is -1.62. The summed E-state index contributed by atoms with van der Waals surface area (Å²) < 4.78 is 16.0. The van der Waals surface area contributed by atoms with E-state index in [1.54, 1.807) is 20.8 Å². The van der Waals surface area contributed by atoms with Crippen molar-refractivity contribution < 1.29 is 38.8 Å². The van der Waals surface area contributed by atoms with Gasteiger partial charge in [0.05, 0.1) is 22.5 Å². The molecule has 0 amide bonds. The van der Waals surface area contributed by atoms with Crippen LogP contribution in [0.3, 0.4) is 0 Å². The molecular formula is C31H38O8. The molecule has 210 valence electrons. The molecule has 0 saturated carbocycles. The van der Waals surface area contributed by atoms with Gasteiger partial charge in [-0.1, -0.05) is 55.5 Å². The molecule has 3 aromatic rings. The first-order valence-corrected chi connectivity index (χ1v) is 13.2. The number of benzene rings is 3. The monoisotopic (exact) mass is 538 g/mol. The Bertz CT molecular complexity index is 1270. The molecule has 0 heterocycles. The fourth-order valence-corrected chi connectivity index (χ4v) is 4.65. The van der Waals surface area contributed by atoms with E-state index in [4.69, 9.17) is 14.2 Å². The predicted molar refractivity (Wildman–Crippen MR) is 148 cm³/mol. The predicted octanol–water partition coefficient (Wildman–Crippen LogP) is 4.81. The van der Waals surface area contributed by atoms with Crippen molar-refractivity contribution in [3.8, 4) is 0 Å². The number of hydrogen-bond acceptors (Lipinski definition) is 8. The van der Waals surface area contributed by atoms with Crippen LogP contribution in [0.1, 0.15) is 57.8 Å². The molecule has 0 fully saturated rings. The molecule has 3 rings (SSSR count). The summed E-state index contributed by atoms with van der Waals surface area (Å²) in [5.74, 6) is -1.68. The van der Waals surface area contributed by atoms with Crippen molar-refractivity contribution in [2.75, 3.05) is 19.8 Å². The van der Waals surface area contributed by atoms with Crippen molar-refractivity contribution in [1.82, 2.24) is 0 Å². The van der Waals surface area contributed by atoms with E-state index >= 15 is 0 Å². The molecular weight excluding hydrogens is 500 g/mol. The van der Waals surface area contributed by atoms with E-state index in [9.17, 15) is 24.6 Å². The average Bonchev–Trinajstić information content (AvgIpc) is 2.91. The second-order valence-electron chi connectivity index (χ2n) is 11.0. The summed E-state index contributed by atoms with van der Waals surface area (Å²) in [5, 5.41) is 23.1. The molecule has 3 aromatic carbocycles. The summed E-state index contributed by atoms with van der Waals surface area (Å²) >= 11 is 0. The van der Waals surface area contributed by atoms with Crippen LogP contribution in [0, 0.1) is 10.8 Å². The molecule has 0 aliphatic carbocycles. The maximum Gasteiger partial charge on any atom is 0.339 e. The second-order valence-corrected chi connectivity index (χ2v) is 11.0. The molecule has 0 bridgehead atoms. The van der Waals surface area contributed by atoms with Gasteiger partial charge in [0.2, 0.25) is 0 Å². The Morgan fingerprint density at radius 2 is 1.31 bits per heavy atom. The summed E-state index contributed by atoms with van der Waals surface area (Å²) in [4.78, 5) is 38.6. The van der Waals surface area contributed by atoms with E-state index in [1.807, 2.05) is 61.5 Å². The Hall–Kier alpha value is -3.49. The quantitative estimate of drug-likeness (QED) is 0.192. The van der Waals surface area contributed by atoms with Crippen molar-refractivity contribution in [3.63, 3.8) is 0 Å². The Kier molecular flexibility index (Phi) is 9.69. The molecule has 8 heteroatoms. The van der Waals surface area contributed by atoms with Gasteiger partial charge < -0.3 is 24.4 Å². The lowest BCUT2D eigenvalue weighted by Gasteiger charge is -2.34. The van der Waals surface area contributed by atoms with Gasteiger partial charge in [-0.25, -0.2) is 4.79 Å². The number of rotatable bonds is 12. The molecule has 0 saturated heterocycles. The topological polar surface area (TPSA) is 119 Å². The minimum absolute atomic E-state index is 0.126. The van der Waals surface area contributed by atoms with Crippen molar-refractivity contribution in [3.05, 3.63) is 60.2 Å². The number of carbonyl (C=O) groups excluding carboxylic acids is 3. The molecule has 0 spiro atoms. The number of fused-ring (bicyclic) bond motifs is 2. The zero-order valence-electron chi connectivity index (χ0n) is 23.2. The summed E-state index contributed by atoms with van der Waals surface area (Å²) in [6, 6.07) is 17.0. The number of esters is 3. The van der Waals surface area contributed by atoms with Crippen LogP contribution < -0.4 is 0 Å². The van der Waals surface area contributed by atoms with E-state index in [0.29, 0.717) is 12.0 Å². The van der Waals surface area contributed by atoms with Gasteiger partial charge in [0.15, 0.2) is 0 Å². The van der Waals surface area contributed by atoms with Gasteiger partial charge in [-0.15, -0.1) is 0 Å². The fourth-order valence-electron chi connectivity index (χ4n) is 4.65. The van der Waals surface area contributed by atoms with Crippen LogP contribution in [0.15, 0.2) is 54.6 Å². The van der Waals surface area contributed by atoms with Crippen molar-refractivity contribution in [2.45, 2.75) is 59.7 Å². The van der Waals surface area contributed by atoms with E-state index in [1.165, 1.54) is 6.92 Å². The lowest BCUT2D eigenvalue weighted by atomic mass is 9.72. The number of carbonyl (C=O) groups is 3. The fraction of sp³-hybridized carbons (Fsp3) is 0.452. The largest absolute Gasteiger partial charge is 0.463 e. The number of hydrogen-bond donors (Lipinski definition) is 2. The Morgan fingerprint density at radius 3 is 1.85 bits per heavy atom. The molecule has 0 radical (unpaired) electrons. The number of aliphatic hydroxyl groups excluding tert-OH is 2. The Labute approximate surface area is 228 Å². The first kappa shape index (κ1) is 30.1. The van der Waals surface area contributed by atoms with Crippen LogP contribution in [0.2, 0.25) is 0 Å². The molecule has 39 heavy (non-hydrogen) atoms. The molecule has 0 aromatic heterocycles. The molecule has 0 aliphatic rings. The molecule has 8 nitrogen and oxygen atoms in total. The minimum atomic E-state index is -1.23. The lowest BCUT2D eigenvalue weighted by Crippen LogP contribution is -2.40.